The van der Waals surface area contributed by atoms with Crippen molar-refractivity contribution >= 4 is 11.7 Å². The number of hydrogen-bond acceptors (Lipinski definition) is 6. The molecule has 3 heterocycles. The molecule has 140 valence electrons. The van der Waals surface area contributed by atoms with Crippen LogP contribution in [-0.4, -0.2) is 57.1 Å². The van der Waals surface area contributed by atoms with Crippen molar-refractivity contribution in [3.8, 4) is 0 Å². The van der Waals surface area contributed by atoms with E-state index in [1.54, 1.807) is 6.20 Å². The number of aromatic nitrogens is 4. The van der Waals surface area contributed by atoms with Gasteiger partial charge in [-0.25, -0.2) is 15.0 Å². The van der Waals surface area contributed by atoms with Crippen LogP contribution in [0, 0.1) is 6.92 Å². The third kappa shape index (κ3) is 4.01. The Balaban J connectivity index is 1.74. The second-order valence-corrected chi connectivity index (χ2v) is 6.32. The summed E-state index contributed by atoms with van der Waals surface area (Å²) in [5, 5.41) is 3.04. The summed E-state index contributed by atoms with van der Waals surface area (Å²) in [6.07, 6.45) is 4.97. The van der Waals surface area contributed by atoms with Gasteiger partial charge in [0.25, 0.3) is 0 Å². The lowest BCUT2D eigenvalue weighted by Gasteiger charge is -2.35. The smallest absolute Gasteiger partial charge is 0.225 e. The molecule has 1 aliphatic rings. The van der Waals surface area contributed by atoms with Crippen LogP contribution in [0.1, 0.15) is 36.7 Å². The van der Waals surface area contributed by atoms with Crippen molar-refractivity contribution in [2.24, 2.45) is 0 Å². The summed E-state index contributed by atoms with van der Waals surface area (Å²) >= 11 is 0. The minimum Gasteiger partial charge on any atom is -0.377 e. The molecule has 26 heavy (non-hydrogen) atoms. The van der Waals surface area contributed by atoms with Gasteiger partial charge in [-0.05, 0) is 6.92 Å². The number of hydrogen-bond donors (Lipinski definition) is 1. The molecule has 0 unspecified atom stereocenters. The van der Waals surface area contributed by atoms with Crippen LogP contribution in [0.5, 0.6) is 0 Å². The first-order chi connectivity index (χ1) is 12.6. The van der Waals surface area contributed by atoms with E-state index in [0.717, 1.165) is 23.8 Å². The van der Waals surface area contributed by atoms with Gasteiger partial charge in [0.2, 0.25) is 5.91 Å². The zero-order valence-corrected chi connectivity index (χ0v) is 15.6. The molecular weight excluding hydrogens is 332 g/mol. The van der Waals surface area contributed by atoms with Crippen molar-refractivity contribution < 1.29 is 9.53 Å². The Bertz CT molecular complexity index is 760. The first kappa shape index (κ1) is 18.3. The van der Waals surface area contributed by atoms with Crippen LogP contribution in [0.25, 0.3) is 0 Å². The minimum absolute atomic E-state index is 0.0881. The Labute approximate surface area is 153 Å². The maximum atomic E-state index is 12.9. The fourth-order valence-corrected chi connectivity index (χ4v) is 3.20. The second kappa shape index (κ2) is 8.27. The van der Waals surface area contributed by atoms with Crippen LogP contribution >= 0.6 is 0 Å². The number of imidazole rings is 1. The number of morpholine rings is 1. The van der Waals surface area contributed by atoms with E-state index < -0.39 is 0 Å². The summed E-state index contributed by atoms with van der Waals surface area (Å²) in [5.41, 5.74) is 0.864. The van der Waals surface area contributed by atoms with Gasteiger partial charge in [0.1, 0.15) is 17.7 Å². The van der Waals surface area contributed by atoms with E-state index in [9.17, 15) is 4.79 Å². The van der Waals surface area contributed by atoms with Gasteiger partial charge in [-0.15, -0.1) is 0 Å². The molecular formula is C18H26N6O2. The van der Waals surface area contributed by atoms with E-state index in [0.29, 0.717) is 38.5 Å². The predicted octanol–water partition coefficient (Wildman–Crippen LogP) is 1.58. The van der Waals surface area contributed by atoms with Crippen LogP contribution in [0.2, 0.25) is 0 Å². The maximum Gasteiger partial charge on any atom is 0.225 e. The van der Waals surface area contributed by atoms with Crippen LogP contribution in [0.15, 0.2) is 18.5 Å². The Hall–Kier alpha value is -2.48. The van der Waals surface area contributed by atoms with Gasteiger partial charge in [0, 0.05) is 57.1 Å². The number of anilines is 1. The minimum atomic E-state index is -0.253. The molecule has 1 atom stereocenters. The van der Waals surface area contributed by atoms with Crippen molar-refractivity contribution in [1.29, 1.82) is 0 Å². The Morgan fingerprint density at radius 2 is 2.27 bits per heavy atom. The molecule has 8 heteroatoms. The highest BCUT2D eigenvalue weighted by Crippen LogP contribution is 2.24. The normalized spacial score (nSPS) is 17.3. The number of carbonyl (C=O) groups excluding carboxylic acids is 1. The largest absolute Gasteiger partial charge is 0.377 e. The molecule has 2 aromatic heterocycles. The SMILES string of the molecule is CCc1nccn1CCC(=O)N1CCOC[C@@H]1c1nc(C)cc(NC)n1. The Morgan fingerprint density at radius 3 is 3.04 bits per heavy atom. The van der Waals surface area contributed by atoms with E-state index >= 15 is 0 Å². The molecule has 0 aromatic carbocycles. The fourth-order valence-electron chi connectivity index (χ4n) is 3.20. The Morgan fingerprint density at radius 1 is 1.42 bits per heavy atom. The van der Waals surface area contributed by atoms with Gasteiger partial charge in [0.15, 0.2) is 5.82 Å². The second-order valence-electron chi connectivity index (χ2n) is 6.32. The van der Waals surface area contributed by atoms with Gasteiger partial charge in [-0.1, -0.05) is 6.92 Å². The summed E-state index contributed by atoms with van der Waals surface area (Å²) in [6, 6.07) is 1.63. The molecule has 2 aromatic rings. The van der Waals surface area contributed by atoms with Crippen molar-refractivity contribution in [2.75, 3.05) is 32.1 Å². The number of nitrogens with zero attached hydrogens (tertiary/aromatic N) is 5. The summed E-state index contributed by atoms with van der Waals surface area (Å²) in [4.78, 5) is 28.1. The number of amides is 1. The predicted molar refractivity (Wildman–Crippen MR) is 97.8 cm³/mol. The highest BCUT2D eigenvalue weighted by molar-refractivity contribution is 5.76. The van der Waals surface area contributed by atoms with Gasteiger partial charge < -0.3 is 19.5 Å². The monoisotopic (exact) mass is 358 g/mol. The number of aryl methyl sites for hydroxylation is 3. The van der Waals surface area contributed by atoms with E-state index in [4.69, 9.17) is 4.74 Å². The van der Waals surface area contributed by atoms with Gasteiger partial charge in [-0.2, -0.15) is 0 Å². The molecule has 0 spiro atoms. The number of ether oxygens (including phenoxy) is 1. The summed E-state index contributed by atoms with van der Waals surface area (Å²) in [6.45, 7) is 6.13. The standard InChI is InChI=1S/C18H26N6O2/c1-4-16-20-6-8-23(16)7-5-17(25)24-9-10-26-12-14(24)18-21-13(2)11-15(19-3)22-18/h6,8,11,14H,4-5,7,9-10,12H2,1-3H3,(H,19,21,22)/t14-/m1/s1. The van der Waals surface area contributed by atoms with Crippen LogP contribution < -0.4 is 5.32 Å². The summed E-state index contributed by atoms with van der Waals surface area (Å²) in [7, 11) is 1.82. The highest BCUT2D eigenvalue weighted by atomic mass is 16.5. The molecule has 3 rings (SSSR count). The number of nitrogens with one attached hydrogen (secondary N) is 1. The van der Waals surface area contributed by atoms with E-state index in [1.807, 2.05) is 35.7 Å². The zero-order chi connectivity index (χ0) is 18.5. The molecule has 1 fully saturated rings. The lowest BCUT2D eigenvalue weighted by atomic mass is 10.2. The molecule has 8 nitrogen and oxygen atoms in total. The molecule has 0 bridgehead atoms. The molecule has 1 aliphatic heterocycles. The highest BCUT2D eigenvalue weighted by Gasteiger charge is 2.30. The molecule has 1 N–H and O–H groups in total. The molecule has 0 saturated carbocycles. The van der Waals surface area contributed by atoms with Crippen molar-refractivity contribution in [3.05, 3.63) is 35.8 Å². The third-order valence-electron chi connectivity index (χ3n) is 4.56. The van der Waals surface area contributed by atoms with Crippen LogP contribution in [-0.2, 0) is 22.5 Å². The lowest BCUT2D eigenvalue weighted by Crippen LogP contribution is -2.44. The van der Waals surface area contributed by atoms with Gasteiger partial charge in [0.05, 0.1) is 13.2 Å². The number of rotatable bonds is 6. The summed E-state index contributed by atoms with van der Waals surface area (Å²) in [5.74, 6) is 2.46. The lowest BCUT2D eigenvalue weighted by molar-refractivity contribution is -0.140. The van der Waals surface area contributed by atoms with Crippen molar-refractivity contribution in [3.63, 3.8) is 0 Å². The van der Waals surface area contributed by atoms with Crippen molar-refractivity contribution in [1.82, 2.24) is 24.4 Å². The topological polar surface area (TPSA) is 85.2 Å². The van der Waals surface area contributed by atoms with E-state index in [-0.39, 0.29) is 11.9 Å². The summed E-state index contributed by atoms with van der Waals surface area (Å²) < 4.78 is 7.65. The molecule has 1 saturated heterocycles. The fraction of sp³-hybridized carbons (Fsp3) is 0.556. The van der Waals surface area contributed by atoms with E-state index in [2.05, 4.69) is 27.2 Å². The van der Waals surface area contributed by atoms with Gasteiger partial charge >= 0.3 is 0 Å². The average Bonchev–Trinajstić information content (AvgIpc) is 3.13. The Kier molecular flexibility index (Phi) is 5.82. The van der Waals surface area contributed by atoms with E-state index in [1.165, 1.54) is 0 Å². The third-order valence-corrected chi connectivity index (χ3v) is 4.56. The average molecular weight is 358 g/mol. The molecule has 1 amide bonds. The number of carbonyl (C=O) groups is 1. The van der Waals surface area contributed by atoms with Crippen molar-refractivity contribution in [2.45, 2.75) is 39.3 Å². The first-order valence-electron chi connectivity index (χ1n) is 9.03. The quantitative estimate of drug-likeness (QED) is 0.844. The molecule has 0 aliphatic carbocycles. The molecule has 0 radical (unpaired) electrons. The first-order valence-corrected chi connectivity index (χ1v) is 9.03. The maximum absolute atomic E-state index is 12.9. The van der Waals surface area contributed by atoms with Gasteiger partial charge in [-0.3, -0.25) is 4.79 Å². The zero-order valence-electron chi connectivity index (χ0n) is 15.6. The van der Waals surface area contributed by atoms with Crippen LogP contribution in [0.4, 0.5) is 5.82 Å². The van der Waals surface area contributed by atoms with Crippen LogP contribution in [0.3, 0.4) is 0 Å².